The lowest BCUT2D eigenvalue weighted by Gasteiger charge is -2.28. The Morgan fingerprint density at radius 1 is 1.29 bits per heavy atom. The van der Waals surface area contributed by atoms with Crippen LogP contribution in [0.5, 0.6) is 0 Å². The molecular weight excluding hydrogens is 174 g/mol. The highest BCUT2D eigenvalue weighted by atomic mass is 15.2. The predicted octanol–water partition coefficient (Wildman–Crippen LogP) is 1.52. The van der Waals surface area contributed by atoms with Gasteiger partial charge in [0.05, 0.1) is 11.9 Å². The fourth-order valence-electron chi connectivity index (χ4n) is 1.46. The van der Waals surface area contributed by atoms with Crippen molar-refractivity contribution >= 4 is 5.69 Å². The number of nitrogens with zero attached hydrogens (tertiary/aromatic N) is 2. The Balaban J connectivity index is 0.000000461. The fraction of sp³-hybridized carbons (Fsp3) is 0.545. The van der Waals surface area contributed by atoms with Gasteiger partial charge in [0, 0.05) is 32.4 Å². The van der Waals surface area contributed by atoms with Crippen molar-refractivity contribution in [3.05, 3.63) is 24.5 Å². The van der Waals surface area contributed by atoms with E-state index in [0.29, 0.717) is 0 Å². The summed E-state index contributed by atoms with van der Waals surface area (Å²) in [5.74, 6) is 0. The van der Waals surface area contributed by atoms with Gasteiger partial charge in [0.15, 0.2) is 0 Å². The van der Waals surface area contributed by atoms with E-state index >= 15 is 0 Å². The Morgan fingerprint density at radius 3 is 2.57 bits per heavy atom. The molecule has 1 aliphatic heterocycles. The first-order chi connectivity index (χ1) is 6.97. The number of aromatic nitrogens is 1. The molecule has 0 unspecified atom stereocenters. The number of hydrogen-bond donors (Lipinski definition) is 1. The standard InChI is InChI=1S/C9H13N3.C2H6/c1-2-9(8-11-3-1)12-6-4-10-5-7-12;1-2/h1-3,8,10H,4-7H2;1-2H3. The first-order valence-corrected chi connectivity index (χ1v) is 5.32. The van der Waals surface area contributed by atoms with Gasteiger partial charge in [0.2, 0.25) is 0 Å². The molecule has 1 N–H and O–H groups in total. The molecular formula is C11H19N3. The van der Waals surface area contributed by atoms with Gasteiger partial charge in [-0.1, -0.05) is 13.8 Å². The Kier molecular flexibility index (Phi) is 5.00. The summed E-state index contributed by atoms with van der Waals surface area (Å²) in [7, 11) is 0. The number of nitrogens with one attached hydrogen (secondary N) is 1. The highest BCUT2D eigenvalue weighted by Gasteiger charge is 2.08. The fourth-order valence-corrected chi connectivity index (χ4v) is 1.46. The lowest BCUT2D eigenvalue weighted by molar-refractivity contribution is 0.589. The van der Waals surface area contributed by atoms with Crippen molar-refractivity contribution in [3.63, 3.8) is 0 Å². The number of pyridine rings is 1. The smallest absolute Gasteiger partial charge is 0.0553 e. The molecule has 1 aromatic rings. The molecule has 1 fully saturated rings. The number of rotatable bonds is 1. The van der Waals surface area contributed by atoms with Gasteiger partial charge in [-0.2, -0.15) is 0 Å². The van der Waals surface area contributed by atoms with E-state index in [1.807, 2.05) is 32.3 Å². The largest absolute Gasteiger partial charge is 0.368 e. The maximum Gasteiger partial charge on any atom is 0.0553 e. The van der Waals surface area contributed by atoms with Gasteiger partial charge in [-0.25, -0.2) is 0 Å². The highest BCUT2D eigenvalue weighted by Crippen LogP contribution is 2.11. The molecule has 2 heterocycles. The van der Waals surface area contributed by atoms with Crippen LogP contribution < -0.4 is 10.2 Å². The minimum atomic E-state index is 1.08. The van der Waals surface area contributed by atoms with Crippen LogP contribution in [0.25, 0.3) is 0 Å². The van der Waals surface area contributed by atoms with Crippen molar-refractivity contribution in [2.45, 2.75) is 13.8 Å². The average molecular weight is 193 g/mol. The second-order valence-corrected chi connectivity index (χ2v) is 2.95. The van der Waals surface area contributed by atoms with Gasteiger partial charge in [0.1, 0.15) is 0 Å². The zero-order chi connectivity index (χ0) is 10.2. The summed E-state index contributed by atoms with van der Waals surface area (Å²) in [6.07, 6.45) is 3.73. The lowest BCUT2D eigenvalue weighted by atomic mass is 10.3. The first kappa shape index (κ1) is 11.0. The quantitative estimate of drug-likeness (QED) is 0.733. The van der Waals surface area contributed by atoms with E-state index in [1.165, 1.54) is 5.69 Å². The van der Waals surface area contributed by atoms with E-state index in [1.54, 1.807) is 0 Å². The highest BCUT2D eigenvalue weighted by molar-refractivity contribution is 5.43. The van der Waals surface area contributed by atoms with E-state index in [2.05, 4.69) is 21.3 Å². The van der Waals surface area contributed by atoms with Crippen LogP contribution in [0.1, 0.15) is 13.8 Å². The maximum atomic E-state index is 4.10. The van der Waals surface area contributed by atoms with E-state index < -0.39 is 0 Å². The van der Waals surface area contributed by atoms with Crippen LogP contribution in [0.4, 0.5) is 5.69 Å². The third-order valence-electron chi connectivity index (χ3n) is 2.13. The van der Waals surface area contributed by atoms with Crippen LogP contribution in [0.3, 0.4) is 0 Å². The van der Waals surface area contributed by atoms with E-state index in [0.717, 1.165) is 26.2 Å². The summed E-state index contributed by atoms with van der Waals surface area (Å²) in [4.78, 5) is 6.45. The van der Waals surface area contributed by atoms with Crippen molar-refractivity contribution < 1.29 is 0 Å². The zero-order valence-corrected chi connectivity index (χ0v) is 9.03. The van der Waals surface area contributed by atoms with Gasteiger partial charge in [-0.15, -0.1) is 0 Å². The van der Waals surface area contributed by atoms with Gasteiger partial charge >= 0.3 is 0 Å². The Morgan fingerprint density at radius 2 is 2.00 bits per heavy atom. The van der Waals surface area contributed by atoms with Crippen LogP contribution in [0.2, 0.25) is 0 Å². The third kappa shape index (κ3) is 3.00. The molecule has 0 saturated carbocycles. The average Bonchev–Trinajstić information content (AvgIpc) is 2.34. The predicted molar refractivity (Wildman–Crippen MR) is 60.7 cm³/mol. The molecule has 3 nitrogen and oxygen atoms in total. The van der Waals surface area contributed by atoms with Crippen LogP contribution in [-0.4, -0.2) is 31.2 Å². The van der Waals surface area contributed by atoms with E-state index in [4.69, 9.17) is 0 Å². The van der Waals surface area contributed by atoms with Crippen molar-refractivity contribution in [1.82, 2.24) is 10.3 Å². The number of hydrogen-bond acceptors (Lipinski definition) is 3. The van der Waals surface area contributed by atoms with Crippen LogP contribution in [-0.2, 0) is 0 Å². The second-order valence-electron chi connectivity index (χ2n) is 2.95. The molecule has 0 bridgehead atoms. The van der Waals surface area contributed by atoms with Crippen LogP contribution >= 0.6 is 0 Å². The summed E-state index contributed by atoms with van der Waals surface area (Å²) in [5.41, 5.74) is 1.24. The number of anilines is 1. The normalized spacial score (nSPS) is 15.7. The summed E-state index contributed by atoms with van der Waals surface area (Å²) in [6, 6.07) is 4.09. The zero-order valence-electron chi connectivity index (χ0n) is 9.03. The third-order valence-corrected chi connectivity index (χ3v) is 2.13. The molecule has 0 amide bonds. The van der Waals surface area contributed by atoms with Crippen LogP contribution in [0.15, 0.2) is 24.5 Å². The lowest BCUT2D eigenvalue weighted by Crippen LogP contribution is -2.43. The van der Waals surface area contributed by atoms with Crippen molar-refractivity contribution in [2.75, 3.05) is 31.1 Å². The summed E-state index contributed by atoms with van der Waals surface area (Å²) in [6.45, 7) is 8.33. The molecule has 0 aromatic carbocycles. The Hall–Kier alpha value is -1.09. The molecule has 2 rings (SSSR count). The Labute approximate surface area is 86.2 Å². The molecule has 78 valence electrons. The summed E-state index contributed by atoms with van der Waals surface area (Å²) < 4.78 is 0. The molecule has 14 heavy (non-hydrogen) atoms. The maximum absolute atomic E-state index is 4.10. The van der Waals surface area contributed by atoms with Gasteiger partial charge in [-0.3, -0.25) is 4.98 Å². The molecule has 0 spiro atoms. The first-order valence-electron chi connectivity index (χ1n) is 5.32. The van der Waals surface area contributed by atoms with E-state index in [9.17, 15) is 0 Å². The molecule has 0 aliphatic carbocycles. The molecule has 1 saturated heterocycles. The minimum absolute atomic E-state index is 1.08. The van der Waals surface area contributed by atoms with E-state index in [-0.39, 0.29) is 0 Å². The van der Waals surface area contributed by atoms with Gasteiger partial charge in [0.25, 0.3) is 0 Å². The molecule has 0 atom stereocenters. The monoisotopic (exact) mass is 193 g/mol. The molecule has 3 heteroatoms. The Bertz CT molecular complexity index is 230. The molecule has 1 aliphatic rings. The van der Waals surface area contributed by atoms with Gasteiger partial charge in [-0.05, 0) is 12.1 Å². The van der Waals surface area contributed by atoms with Crippen LogP contribution in [0, 0.1) is 0 Å². The summed E-state index contributed by atoms with van der Waals surface area (Å²) in [5, 5.41) is 3.32. The van der Waals surface area contributed by atoms with Crippen molar-refractivity contribution in [3.8, 4) is 0 Å². The molecule has 0 radical (unpaired) electrons. The second kappa shape index (κ2) is 6.38. The summed E-state index contributed by atoms with van der Waals surface area (Å²) >= 11 is 0. The van der Waals surface area contributed by atoms with Gasteiger partial charge < -0.3 is 10.2 Å². The molecule has 1 aromatic heterocycles. The van der Waals surface area contributed by atoms with Crippen molar-refractivity contribution in [2.24, 2.45) is 0 Å². The number of piperazine rings is 1. The van der Waals surface area contributed by atoms with Crippen molar-refractivity contribution in [1.29, 1.82) is 0 Å². The SMILES string of the molecule is CC.c1cncc(N2CCNCC2)c1. The minimum Gasteiger partial charge on any atom is -0.368 e. The topological polar surface area (TPSA) is 28.2 Å².